The van der Waals surface area contributed by atoms with Gasteiger partial charge in [-0.15, -0.1) is 0 Å². The number of rotatable bonds is 8. The number of hydroxylamine groups is 1. The quantitative estimate of drug-likeness (QED) is 0.428. The summed E-state index contributed by atoms with van der Waals surface area (Å²) in [6, 6.07) is 9.60. The molecule has 5 rings (SSSR count). The smallest absolute Gasteiger partial charge is 0.247 e. The van der Waals surface area contributed by atoms with E-state index in [0.29, 0.717) is 61.7 Å². The van der Waals surface area contributed by atoms with Crippen molar-refractivity contribution >= 4 is 34.6 Å². The van der Waals surface area contributed by atoms with Gasteiger partial charge in [-0.1, -0.05) is 12.6 Å². The molecule has 11 heteroatoms. The SMILES string of the molecule is C=CC(=O)Nc1cc(Nc2cc(N3OCC[C@@H]3c3ccc(C)nc3)ncn2)c(OC)cc1N1CCOCC1. The molecule has 1 atom stereocenters. The summed E-state index contributed by atoms with van der Waals surface area (Å²) in [7, 11) is 1.61. The standard InChI is InChI=1S/C27H31N7O4/c1-4-27(35)32-20-13-21(24(36-3)14-23(20)33-8-11-37-12-9-33)31-25-15-26(30-17-29-25)34-22(7-10-38-34)19-6-5-18(2)28-16-19/h4-6,13-17,22H,1,7-12H2,2-3H3,(H,32,35)(H,29,30,31)/t22-/m1/s1. The van der Waals surface area contributed by atoms with Gasteiger partial charge in [0.1, 0.15) is 17.9 Å². The van der Waals surface area contributed by atoms with Crippen LogP contribution in [-0.2, 0) is 14.4 Å². The molecule has 4 heterocycles. The van der Waals surface area contributed by atoms with Gasteiger partial charge < -0.3 is 25.0 Å². The molecule has 2 fully saturated rings. The van der Waals surface area contributed by atoms with E-state index in [-0.39, 0.29) is 11.9 Å². The van der Waals surface area contributed by atoms with Crippen molar-refractivity contribution in [2.24, 2.45) is 0 Å². The summed E-state index contributed by atoms with van der Waals surface area (Å²) in [6.07, 6.45) is 5.43. The lowest BCUT2D eigenvalue weighted by Crippen LogP contribution is -2.36. The molecule has 2 aliphatic heterocycles. The Labute approximate surface area is 221 Å². The largest absolute Gasteiger partial charge is 0.494 e. The van der Waals surface area contributed by atoms with Crippen LogP contribution in [0.15, 0.2) is 55.5 Å². The van der Waals surface area contributed by atoms with E-state index in [1.165, 1.54) is 12.4 Å². The van der Waals surface area contributed by atoms with Crippen LogP contribution in [-0.4, -0.2) is 60.9 Å². The van der Waals surface area contributed by atoms with E-state index in [1.807, 2.05) is 37.4 Å². The van der Waals surface area contributed by atoms with Crippen molar-refractivity contribution in [3.63, 3.8) is 0 Å². The maximum absolute atomic E-state index is 12.2. The fourth-order valence-corrected chi connectivity index (χ4v) is 4.53. The second kappa shape index (κ2) is 11.4. The number of methoxy groups -OCH3 is 1. The number of aromatic nitrogens is 3. The minimum atomic E-state index is -0.303. The summed E-state index contributed by atoms with van der Waals surface area (Å²) in [5.74, 6) is 1.46. The van der Waals surface area contributed by atoms with Crippen molar-refractivity contribution in [1.82, 2.24) is 15.0 Å². The number of carbonyl (C=O) groups is 1. The third-order valence-corrected chi connectivity index (χ3v) is 6.48. The van der Waals surface area contributed by atoms with Crippen LogP contribution in [0.2, 0.25) is 0 Å². The molecule has 1 amide bonds. The number of nitrogens with zero attached hydrogens (tertiary/aromatic N) is 5. The van der Waals surface area contributed by atoms with Gasteiger partial charge in [-0.3, -0.25) is 14.6 Å². The third-order valence-electron chi connectivity index (χ3n) is 6.48. The number of morpholine rings is 1. The van der Waals surface area contributed by atoms with Gasteiger partial charge in [0.2, 0.25) is 5.91 Å². The Morgan fingerprint density at radius 3 is 2.71 bits per heavy atom. The summed E-state index contributed by atoms with van der Waals surface area (Å²) in [5, 5.41) is 8.04. The first-order chi connectivity index (χ1) is 18.6. The van der Waals surface area contributed by atoms with E-state index in [9.17, 15) is 4.79 Å². The van der Waals surface area contributed by atoms with Gasteiger partial charge in [-0.05, 0) is 30.7 Å². The number of carbonyl (C=O) groups excluding carboxylic acids is 1. The van der Waals surface area contributed by atoms with Gasteiger partial charge in [-0.25, -0.2) is 15.0 Å². The highest BCUT2D eigenvalue weighted by molar-refractivity contribution is 6.02. The molecule has 0 radical (unpaired) electrons. The molecule has 0 aliphatic carbocycles. The number of benzene rings is 1. The van der Waals surface area contributed by atoms with E-state index in [1.54, 1.807) is 12.2 Å². The maximum Gasteiger partial charge on any atom is 0.247 e. The van der Waals surface area contributed by atoms with Gasteiger partial charge in [0.25, 0.3) is 0 Å². The lowest BCUT2D eigenvalue weighted by Gasteiger charge is -2.31. The third kappa shape index (κ3) is 5.53. The number of nitrogens with one attached hydrogen (secondary N) is 2. The van der Waals surface area contributed by atoms with Gasteiger partial charge in [0, 0.05) is 43.5 Å². The Hall–Kier alpha value is -4.22. The Kier molecular flexibility index (Phi) is 7.66. The maximum atomic E-state index is 12.2. The van der Waals surface area contributed by atoms with Crippen LogP contribution in [0, 0.1) is 6.92 Å². The molecule has 0 unspecified atom stereocenters. The monoisotopic (exact) mass is 517 g/mol. The zero-order valence-corrected chi connectivity index (χ0v) is 21.5. The van der Waals surface area contributed by atoms with Crippen molar-refractivity contribution < 1.29 is 19.1 Å². The number of hydrogen-bond acceptors (Lipinski definition) is 10. The lowest BCUT2D eigenvalue weighted by atomic mass is 10.1. The van der Waals surface area contributed by atoms with E-state index in [4.69, 9.17) is 14.3 Å². The Morgan fingerprint density at radius 1 is 1.13 bits per heavy atom. The number of hydrogen-bond donors (Lipinski definition) is 2. The Bertz CT molecular complexity index is 1300. The predicted octanol–water partition coefficient (Wildman–Crippen LogP) is 3.78. The molecular formula is C27H31N7O4. The van der Waals surface area contributed by atoms with Gasteiger partial charge in [0.05, 0.1) is 50.0 Å². The molecule has 2 N–H and O–H groups in total. The molecule has 2 saturated heterocycles. The van der Waals surface area contributed by atoms with Crippen LogP contribution < -0.4 is 25.3 Å². The average Bonchev–Trinajstić information content (AvgIpc) is 3.44. The van der Waals surface area contributed by atoms with Crippen LogP contribution in [0.5, 0.6) is 5.75 Å². The van der Waals surface area contributed by atoms with Crippen LogP contribution in [0.3, 0.4) is 0 Å². The van der Waals surface area contributed by atoms with Crippen molar-refractivity contribution in [2.75, 3.05) is 60.6 Å². The second-order valence-corrected chi connectivity index (χ2v) is 8.95. The minimum absolute atomic E-state index is 0.00564. The molecule has 0 bridgehead atoms. The van der Waals surface area contributed by atoms with Crippen LogP contribution in [0.25, 0.3) is 0 Å². The molecule has 2 aromatic heterocycles. The first-order valence-electron chi connectivity index (χ1n) is 12.5. The fraction of sp³-hybridized carbons (Fsp3) is 0.333. The minimum Gasteiger partial charge on any atom is -0.494 e. The van der Waals surface area contributed by atoms with E-state index in [0.717, 1.165) is 23.4 Å². The van der Waals surface area contributed by atoms with E-state index in [2.05, 4.69) is 43.1 Å². The molecule has 3 aromatic rings. The number of ether oxygens (including phenoxy) is 2. The Morgan fingerprint density at radius 2 is 1.97 bits per heavy atom. The Balaban J connectivity index is 1.44. The highest BCUT2D eigenvalue weighted by atomic mass is 16.7. The first kappa shape index (κ1) is 25.4. The van der Waals surface area contributed by atoms with Crippen molar-refractivity contribution in [3.8, 4) is 5.75 Å². The molecule has 1 aromatic carbocycles. The molecular weight excluding hydrogens is 486 g/mol. The number of anilines is 5. The summed E-state index contributed by atoms with van der Waals surface area (Å²) < 4.78 is 11.2. The molecule has 11 nitrogen and oxygen atoms in total. The van der Waals surface area contributed by atoms with Crippen molar-refractivity contribution in [2.45, 2.75) is 19.4 Å². The van der Waals surface area contributed by atoms with E-state index >= 15 is 0 Å². The molecule has 38 heavy (non-hydrogen) atoms. The summed E-state index contributed by atoms with van der Waals surface area (Å²) in [4.78, 5) is 33.6. The zero-order valence-electron chi connectivity index (χ0n) is 21.5. The normalized spacial score (nSPS) is 17.3. The summed E-state index contributed by atoms with van der Waals surface area (Å²) in [5.41, 5.74) is 4.13. The predicted molar refractivity (Wildman–Crippen MR) is 145 cm³/mol. The molecule has 2 aliphatic rings. The fourth-order valence-electron chi connectivity index (χ4n) is 4.53. The molecule has 198 valence electrons. The number of pyridine rings is 1. The van der Waals surface area contributed by atoms with E-state index < -0.39 is 0 Å². The van der Waals surface area contributed by atoms with Gasteiger partial charge in [0.15, 0.2) is 5.82 Å². The topological polar surface area (TPSA) is 114 Å². The van der Waals surface area contributed by atoms with Crippen LogP contribution in [0.1, 0.15) is 23.7 Å². The summed E-state index contributed by atoms with van der Waals surface area (Å²) >= 11 is 0. The van der Waals surface area contributed by atoms with Crippen molar-refractivity contribution in [3.05, 3.63) is 66.8 Å². The van der Waals surface area contributed by atoms with Crippen molar-refractivity contribution in [1.29, 1.82) is 0 Å². The van der Waals surface area contributed by atoms with Gasteiger partial charge >= 0.3 is 0 Å². The zero-order chi connectivity index (χ0) is 26.5. The highest BCUT2D eigenvalue weighted by Gasteiger charge is 2.29. The van der Waals surface area contributed by atoms with Gasteiger partial charge in [-0.2, -0.15) is 0 Å². The first-order valence-corrected chi connectivity index (χ1v) is 12.5. The average molecular weight is 518 g/mol. The van der Waals surface area contributed by atoms with Crippen LogP contribution in [0.4, 0.5) is 28.7 Å². The highest BCUT2D eigenvalue weighted by Crippen LogP contribution is 2.39. The number of aryl methyl sites for hydroxylation is 1. The molecule has 0 saturated carbocycles. The lowest BCUT2D eigenvalue weighted by molar-refractivity contribution is -0.111. The van der Waals surface area contributed by atoms with Crippen LogP contribution >= 0.6 is 0 Å². The number of amides is 1. The second-order valence-electron chi connectivity index (χ2n) is 8.95. The summed E-state index contributed by atoms with van der Waals surface area (Å²) in [6.45, 7) is 8.75. The molecule has 0 spiro atoms.